The number of ether oxygens (including phenoxy) is 2. The average Bonchev–Trinajstić information content (AvgIpc) is 2.83. The zero-order valence-corrected chi connectivity index (χ0v) is 21.7. The van der Waals surface area contributed by atoms with Crippen molar-refractivity contribution in [1.82, 2.24) is 5.32 Å². The van der Waals surface area contributed by atoms with Crippen molar-refractivity contribution in [3.63, 3.8) is 0 Å². The van der Waals surface area contributed by atoms with E-state index in [0.29, 0.717) is 4.90 Å². The van der Waals surface area contributed by atoms with Crippen molar-refractivity contribution in [2.75, 3.05) is 19.0 Å². The molecule has 6 nitrogen and oxygen atoms in total. The fourth-order valence-corrected chi connectivity index (χ4v) is 5.58. The average molecular weight is 536 g/mol. The second-order valence-electron chi connectivity index (χ2n) is 8.27. The number of carbonyl (C=O) groups is 2. The predicted octanol–water partition coefficient (Wildman–Crippen LogP) is 5.16. The number of halogens is 3. The molecule has 0 saturated heterocycles. The lowest BCUT2D eigenvalue weighted by Gasteiger charge is -2.32. The molecule has 2 aromatic carbocycles. The summed E-state index contributed by atoms with van der Waals surface area (Å²) in [6, 6.07) is 11.7. The van der Waals surface area contributed by atoms with Crippen molar-refractivity contribution in [2.45, 2.75) is 44.7 Å². The van der Waals surface area contributed by atoms with Gasteiger partial charge in [-0.3, -0.25) is 4.21 Å². The van der Waals surface area contributed by atoms with Crippen LogP contribution in [0.15, 0.2) is 76.0 Å². The lowest BCUT2D eigenvalue weighted by Crippen LogP contribution is -2.36. The van der Waals surface area contributed by atoms with Crippen LogP contribution in [0.1, 0.15) is 43.4 Å². The van der Waals surface area contributed by atoms with E-state index in [2.05, 4.69) is 5.32 Å². The number of hydrogen-bond donors (Lipinski definition) is 1. The van der Waals surface area contributed by atoms with Crippen LogP contribution < -0.4 is 5.32 Å². The number of rotatable bonds is 8. The van der Waals surface area contributed by atoms with E-state index >= 15 is 0 Å². The van der Waals surface area contributed by atoms with Gasteiger partial charge in [-0.05, 0) is 51.0 Å². The van der Waals surface area contributed by atoms with Gasteiger partial charge in [-0.2, -0.15) is 13.2 Å². The maximum absolute atomic E-state index is 14.1. The summed E-state index contributed by atoms with van der Waals surface area (Å²) in [4.78, 5) is 26.9. The largest absolute Gasteiger partial charge is 0.463 e. The Balaban J connectivity index is 2.29. The number of dihydropyridines is 1. The van der Waals surface area contributed by atoms with Gasteiger partial charge < -0.3 is 14.8 Å². The second-order valence-corrected chi connectivity index (χ2v) is 9.69. The highest BCUT2D eigenvalue weighted by molar-refractivity contribution is 7.85. The van der Waals surface area contributed by atoms with E-state index in [9.17, 15) is 27.0 Å². The van der Waals surface area contributed by atoms with Crippen LogP contribution in [0.4, 0.5) is 13.2 Å². The van der Waals surface area contributed by atoms with Gasteiger partial charge in [0.25, 0.3) is 0 Å². The summed E-state index contributed by atoms with van der Waals surface area (Å²) in [5, 5.41) is 2.96. The minimum absolute atomic E-state index is 0.0220. The SMILES string of the molecule is CCOC(=O)C1=C(C)NC(CS(=O)c2ccccc2C)=C(C(=O)OCC)[C@@H]1c1ccccc1C(F)(F)F. The van der Waals surface area contributed by atoms with Gasteiger partial charge in [0, 0.05) is 16.3 Å². The fraction of sp³-hybridized carbons (Fsp3) is 0.333. The van der Waals surface area contributed by atoms with E-state index in [0.717, 1.165) is 11.6 Å². The van der Waals surface area contributed by atoms with Crippen LogP contribution in [0.25, 0.3) is 0 Å². The standard InChI is InChI=1S/C27H28F3NO5S/c1-5-35-25(32)22-17(4)31-20(15-37(34)21-14-10-7-11-16(21)3)24(26(33)36-6-2)23(22)18-12-8-9-13-19(18)27(28,29)30/h7-14,23,31H,5-6,15H2,1-4H3/t23-,37?/m1/s1. The minimum Gasteiger partial charge on any atom is -0.463 e. The quantitative estimate of drug-likeness (QED) is 0.470. The molecule has 1 aliphatic heterocycles. The molecule has 0 amide bonds. The number of hydrogen-bond acceptors (Lipinski definition) is 6. The van der Waals surface area contributed by atoms with Crippen molar-refractivity contribution in [2.24, 2.45) is 0 Å². The summed E-state index contributed by atoms with van der Waals surface area (Å²) in [5.41, 5.74) is -0.592. The van der Waals surface area contributed by atoms with Gasteiger partial charge in [-0.25, -0.2) is 9.59 Å². The first-order chi connectivity index (χ1) is 17.5. The Hall–Kier alpha value is -3.40. The monoisotopic (exact) mass is 535 g/mol. The topological polar surface area (TPSA) is 81.7 Å². The zero-order valence-electron chi connectivity index (χ0n) is 20.9. The summed E-state index contributed by atoms with van der Waals surface area (Å²) < 4.78 is 66.0. The van der Waals surface area contributed by atoms with Crippen molar-refractivity contribution in [1.29, 1.82) is 0 Å². The van der Waals surface area contributed by atoms with Crippen LogP contribution in [0.2, 0.25) is 0 Å². The van der Waals surface area contributed by atoms with Gasteiger partial charge in [0.1, 0.15) is 0 Å². The third-order valence-corrected chi connectivity index (χ3v) is 7.33. The normalized spacial score (nSPS) is 16.8. The molecule has 0 saturated carbocycles. The molecule has 10 heteroatoms. The predicted molar refractivity (Wildman–Crippen MR) is 133 cm³/mol. The van der Waals surface area contributed by atoms with Crippen LogP contribution in [-0.4, -0.2) is 35.1 Å². The smallest absolute Gasteiger partial charge is 0.416 e. The number of alkyl halides is 3. The zero-order chi connectivity index (χ0) is 27.3. The summed E-state index contributed by atoms with van der Waals surface area (Å²) in [6.07, 6.45) is -4.76. The number of benzene rings is 2. The second kappa shape index (κ2) is 11.8. The maximum atomic E-state index is 14.1. The van der Waals surface area contributed by atoms with Gasteiger partial charge in [-0.1, -0.05) is 36.4 Å². The fourth-order valence-electron chi connectivity index (χ4n) is 4.28. The summed E-state index contributed by atoms with van der Waals surface area (Å²) in [6.45, 7) is 6.35. The third kappa shape index (κ3) is 6.12. The first-order valence-electron chi connectivity index (χ1n) is 11.7. The van der Waals surface area contributed by atoms with E-state index in [1.165, 1.54) is 25.1 Å². The number of esters is 2. The first kappa shape index (κ1) is 28.2. The number of carbonyl (C=O) groups excluding carboxylic acids is 2. The first-order valence-corrected chi connectivity index (χ1v) is 13.0. The van der Waals surface area contributed by atoms with E-state index < -0.39 is 40.4 Å². The van der Waals surface area contributed by atoms with Gasteiger partial charge in [0.15, 0.2) is 0 Å². The molecule has 0 aliphatic carbocycles. The Morgan fingerprint density at radius 2 is 1.49 bits per heavy atom. The number of nitrogens with one attached hydrogen (secondary N) is 1. The molecule has 1 aliphatic rings. The molecule has 0 fully saturated rings. The van der Waals surface area contributed by atoms with Crippen molar-refractivity contribution < 1.29 is 36.4 Å². The molecule has 2 atom stereocenters. The van der Waals surface area contributed by atoms with Crippen LogP contribution >= 0.6 is 0 Å². The Morgan fingerprint density at radius 3 is 2.08 bits per heavy atom. The summed E-state index contributed by atoms with van der Waals surface area (Å²) in [5.74, 6) is -3.45. The number of aryl methyl sites for hydroxylation is 1. The van der Waals surface area contributed by atoms with Crippen LogP contribution in [-0.2, 0) is 36.0 Å². The molecule has 0 bridgehead atoms. The Kier molecular flexibility index (Phi) is 8.96. The lowest BCUT2D eigenvalue weighted by molar-refractivity contribution is -0.142. The van der Waals surface area contributed by atoms with E-state index in [4.69, 9.17) is 9.47 Å². The molecule has 198 valence electrons. The molecule has 2 aromatic rings. The van der Waals surface area contributed by atoms with Gasteiger partial charge in [0.05, 0.1) is 52.4 Å². The highest BCUT2D eigenvalue weighted by atomic mass is 32.2. The Morgan fingerprint density at radius 1 is 0.919 bits per heavy atom. The molecule has 1 heterocycles. The molecule has 1 unspecified atom stereocenters. The molecule has 1 N–H and O–H groups in total. The van der Waals surface area contributed by atoms with Crippen LogP contribution in [0, 0.1) is 6.92 Å². The Labute approximate surface area is 216 Å². The molecule has 0 spiro atoms. The number of allylic oxidation sites excluding steroid dienone is 1. The Bertz CT molecular complexity index is 1280. The lowest BCUT2D eigenvalue weighted by atomic mass is 9.78. The van der Waals surface area contributed by atoms with Crippen LogP contribution in [0.3, 0.4) is 0 Å². The molecular weight excluding hydrogens is 507 g/mol. The van der Waals surface area contributed by atoms with Crippen molar-refractivity contribution in [3.8, 4) is 0 Å². The molecule has 3 rings (SSSR count). The minimum atomic E-state index is -4.76. The third-order valence-electron chi connectivity index (χ3n) is 5.83. The summed E-state index contributed by atoms with van der Waals surface area (Å²) >= 11 is 0. The van der Waals surface area contributed by atoms with Crippen molar-refractivity contribution >= 4 is 22.7 Å². The maximum Gasteiger partial charge on any atom is 0.416 e. The molecule has 0 aromatic heterocycles. The highest BCUT2D eigenvalue weighted by Crippen LogP contribution is 2.44. The van der Waals surface area contributed by atoms with Crippen molar-refractivity contribution in [3.05, 3.63) is 87.8 Å². The molecular formula is C27H28F3NO5S. The van der Waals surface area contributed by atoms with Gasteiger partial charge in [-0.15, -0.1) is 0 Å². The molecule has 0 radical (unpaired) electrons. The summed E-state index contributed by atoms with van der Waals surface area (Å²) in [7, 11) is -1.66. The van der Waals surface area contributed by atoms with E-state index in [1.807, 2.05) is 0 Å². The van der Waals surface area contributed by atoms with E-state index in [-0.39, 0.29) is 47.1 Å². The molecule has 37 heavy (non-hydrogen) atoms. The van der Waals surface area contributed by atoms with Gasteiger partial charge >= 0.3 is 18.1 Å². The van der Waals surface area contributed by atoms with E-state index in [1.54, 1.807) is 45.0 Å². The van der Waals surface area contributed by atoms with Crippen LogP contribution in [0.5, 0.6) is 0 Å². The van der Waals surface area contributed by atoms with Gasteiger partial charge in [0.2, 0.25) is 0 Å². The highest BCUT2D eigenvalue weighted by Gasteiger charge is 2.44.